The van der Waals surface area contributed by atoms with Gasteiger partial charge in [0.15, 0.2) is 34.9 Å². The molecule has 0 unspecified atom stereocenters. The monoisotopic (exact) mass is 1800 g/mol. The van der Waals surface area contributed by atoms with E-state index in [2.05, 4.69) is 9.97 Å². The van der Waals surface area contributed by atoms with Crippen molar-refractivity contribution in [3.8, 4) is 135 Å². The fraction of sp³-hybridized carbons (Fsp3) is 0. The summed E-state index contributed by atoms with van der Waals surface area (Å²) in [7, 11) is 0. The third-order valence-electron chi connectivity index (χ3n) is 19.7. The average Bonchev–Trinajstić information content (AvgIpc) is 1.57. The first-order valence-electron chi connectivity index (χ1n) is 36.4. The number of halogens is 12. The van der Waals surface area contributed by atoms with Crippen molar-refractivity contribution in [2.75, 3.05) is 0 Å². The lowest BCUT2D eigenvalue weighted by molar-refractivity contribution is 1.17. The molecule has 2 N–H and O–H groups in total. The standard InChI is InChI=1S/C90H44Cl12N18/c91-73-67(74(92)110-85(109-73)43-19-7-1-8-20-43)61-49-31-33-51(103-49)62(68-75(93)111-86(112-76(68)94)44-21-9-2-10-22-44)53-35-37-55(105-53)64(70-79(97)115-88(116-80(70)98)46-25-13-4-14-26-46)57-39-41-59(107-57)66(72-83(101)119-90(120-84(72)102)48-29-17-6-18-30-48)60-42-40-58(108-60)65(71-81(99)117-89(118-82(71)100)47-27-15-5-16-28-47)56-38-36-54(106-56)63(52-34-32-50(61)104-52)69-77(95)113-87(114-78(69)96)45-23-11-3-12-24-45/h1-42,103,108H. The average molecular weight is 1800 g/mol. The van der Waals surface area contributed by atoms with Gasteiger partial charge in [-0.2, -0.15) is 0 Å². The number of hydrogen-bond donors (Lipinski definition) is 2. The second-order valence-electron chi connectivity index (χ2n) is 26.9. The van der Waals surface area contributed by atoms with Gasteiger partial charge in [0.05, 0.1) is 78.9 Å². The number of benzene rings is 6. The Hall–Kier alpha value is -11.8. The molecule has 13 heterocycles. The smallest absolute Gasteiger partial charge is 0.162 e. The maximum atomic E-state index is 7.56. The Morgan fingerprint density at radius 3 is 0.425 bits per heavy atom. The van der Waals surface area contributed by atoms with Gasteiger partial charge in [0.1, 0.15) is 61.8 Å². The fourth-order valence-corrected chi connectivity index (χ4v) is 17.8. The Morgan fingerprint density at radius 1 is 0.142 bits per heavy atom. The summed E-state index contributed by atoms with van der Waals surface area (Å²) in [5.74, 6) is 1.44. The van der Waals surface area contributed by atoms with Crippen LogP contribution in [-0.4, -0.2) is 89.7 Å². The van der Waals surface area contributed by atoms with Crippen LogP contribution in [0.5, 0.6) is 0 Å². The molecule has 0 saturated carbocycles. The second kappa shape index (κ2) is 32.7. The van der Waals surface area contributed by atoms with Gasteiger partial charge in [-0.15, -0.1) is 0 Å². The molecule has 0 amide bonds. The lowest BCUT2D eigenvalue weighted by Crippen LogP contribution is -1.99. The van der Waals surface area contributed by atoms with Crippen LogP contribution < -0.4 is 0 Å². The second-order valence-corrected chi connectivity index (χ2v) is 31.2. The molecule has 9 aromatic heterocycles. The van der Waals surface area contributed by atoms with Crippen LogP contribution in [0, 0.1) is 0 Å². The van der Waals surface area contributed by atoms with E-state index in [1.165, 1.54) is 0 Å². The molecule has 6 aromatic carbocycles. The summed E-state index contributed by atoms with van der Waals surface area (Å²) in [4.78, 5) is 88.1. The van der Waals surface area contributed by atoms with Crippen molar-refractivity contribution in [3.63, 3.8) is 0 Å². The van der Waals surface area contributed by atoms with Crippen LogP contribution in [0.1, 0.15) is 45.6 Å². The molecule has 0 radical (unpaired) electrons. The van der Waals surface area contributed by atoms with Gasteiger partial charge in [-0.05, 0) is 72.9 Å². The first kappa shape index (κ1) is 78.1. The summed E-state index contributed by atoms with van der Waals surface area (Å²) < 4.78 is 0. The van der Waals surface area contributed by atoms with Crippen LogP contribution in [0.4, 0.5) is 0 Å². The van der Waals surface area contributed by atoms with Crippen LogP contribution in [0.25, 0.3) is 206 Å². The minimum absolute atomic E-state index is 0.0490. The van der Waals surface area contributed by atoms with Gasteiger partial charge >= 0.3 is 0 Å². The maximum absolute atomic E-state index is 7.56. The zero-order valence-electron chi connectivity index (χ0n) is 60.9. The highest BCUT2D eigenvalue weighted by atomic mass is 35.5. The summed E-state index contributed by atoms with van der Waals surface area (Å²) in [6.45, 7) is 0. The van der Waals surface area contributed by atoms with E-state index < -0.39 is 0 Å². The van der Waals surface area contributed by atoms with E-state index in [-0.39, 0.29) is 187 Å². The Balaban J connectivity index is 0.993. The van der Waals surface area contributed by atoms with E-state index in [1.54, 1.807) is 72.9 Å². The summed E-state index contributed by atoms with van der Waals surface area (Å²) in [5.41, 5.74) is 9.87. The first-order chi connectivity index (χ1) is 58.4. The number of nitrogens with zero attached hydrogens (tertiary/aromatic N) is 16. The third-order valence-corrected chi connectivity index (χ3v) is 23.0. The van der Waals surface area contributed by atoms with E-state index in [9.17, 15) is 0 Å². The molecule has 18 nitrogen and oxygen atoms in total. The molecule has 0 aliphatic carbocycles. The highest BCUT2D eigenvalue weighted by molar-refractivity contribution is 6.42. The number of aromatic nitrogens is 18. The zero-order valence-corrected chi connectivity index (χ0v) is 70.0. The summed E-state index contributed by atoms with van der Waals surface area (Å²) in [6, 6.07) is 62.7. The fourth-order valence-electron chi connectivity index (χ4n) is 14.3. The van der Waals surface area contributed by atoms with E-state index in [0.29, 0.717) is 77.7 Å². The number of fused-ring (bicyclic) bond motifs is 12. The summed E-state index contributed by atoms with van der Waals surface area (Å²) >= 11 is 90.8. The predicted molar refractivity (Wildman–Crippen MR) is 486 cm³/mol. The van der Waals surface area contributed by atoms with E-state index in [1.807, 2.05) is 182 Å². The number of hydrogen-bond acceptors (Lipinski definition) is 16. The lowest BCUT2D eigenvalue weighted by Gasteiger charge is -2.12. The topological polar surface area (TPSA) is 238 Å². The molecule has 0 saturated heterocycles. The van der Waals surface area contributed by atoms with Crippen molar-refractivity contribution in [1.82, 2.24) is 89.7 Å². The Morgan fingerprint density at radius 2 is 0.275 bits per heavy atom. The van der Waals surface area contributed by atoms with Crippen molar-refractivity contribution in [2.45, 2.75) is 0 Å². The molecule has 0 atom stereocenters. The van der Waals surface area contributed by atoms with E-state index in [0.717, 1.165) is 0 Å². The van der Waals surface area contributed by atoms with Crippen molar-refractivity contribution < 1.29 is 0 Å². The van der Waals surface area contributed by atoms with Gasteiger partial charge in [-0.25, -0.2) is 79.7 Å². The van der Waals surface area contributed by atoms with Gasteiger partial charge in [0.2, 0.25) is 0 Å². The molecule has 30 heteroatoms. The number of aromatic amines is 2. The first-order valence-corrected chi connectivity index (χ1v) is 40.9. The van der Waals surface area contributed by atoms with Crippen LogP contribution in [0.15, 0.2) is 206 Å². The number of H-pyrrole nitrogens is 2. The quantitative estimate of drug-likeness (QED) is 0.108. The zero-order chi connectivity index (χ0) is 82.1. The highest BCUT2D eigenvalue weighted by Crippen LogP contribution is 2.50. The largest absolute Gasteiger partial charge is 0.354 e. The normalized spacial score (nSPS) is 12.0. The predicted octanol–water partition coefficient (Wildman–Crippen LogP) is 27.2. The molecule has 19 rings (SSSR count). The van der Waals surface area contributed by atoms with Crippen molar-refractivity contribution >= 4 is 210 Å². The minimum Gasteiger partial charge on any atom is -0.354 e. The van der Waals surface area contributed by atoms with E-state index in [4.69, 9.17) is 219 Å². The molecule has 4 aliphatic rings. The summed E-state index contributed by atoms with van der Waals surface area (Å²) in [5, 5.41) is -0.630. The minimum atomic E-state index is -0.0596. The van der Waals surface area contributed by atoms with Crippen molar-refractivity contribution in [2.24, 2.45) is 0 Å². The number of nitrogens with one attached hydrogen (secondary N) is 2. The molecular formula is C90H44Cl12N18. The van der Waals surface area contributed by atoms with Crippen LogP contribution in [0.3, 0.4) is 0 Å². The Bertz CT molecular complexity index is 6400. The van der Waals surface area contributed by atoms with Gasteiger partial charge in [-0.3, -0.25) is 0 Å². The SMILES string of the molecule is Clc1nc(-c2ccccc2)nc(Cl)c1-c1c2nc(c(-c3c(Cl)nc(-c4ccccc4)nc3Cl)c3ccc([nH]3)c(-c3c(Cl)nc(-c4ccccc4)nc3Cl)c3nc(c(-c4c(Cl)nc(-c5ccccc5)nc4Cl)c4nc(c(-c5c(Cl)nc(-c6ccccc6)nc5Cl)c5ccc([nH]5)c(-c5c(Cl)nc(-c6ccccc6)nc5Cl)c5nc1C=C5)C=C4)C=C3)C=C2. The molecule has 4 aliphatic heterocycles. The van der Waals surface area contributed by atoms with Gasteiger partial charge in [-0.1, -0.05) is 321 Å². The molecule has 0 spiro atoms. The van der Waals surface area contributed by atoms with Crippen LogP contribution in [0.2, 0.25) is 61.8 Å². The van der Waals surface area contributed by atoms with Crippen molar-refractivity contribution in [1.29, 1.82) is 0 Å². The van der Waals surface area contributed by atoms with Gasteiger partial charge < -0.3 is 9.97 Å². The van der Waals surface area contributed by atoms with Gasteiger partial charge in [0.25, 0.3) is 0 Å². The number of rotatable bonds is 12. The molecule has 15 aromatic rings. The lowest BCUT2D eigenvalue weighted by atomic mass is 10.0. The van der Waals surface area contributed by atoms with Crippen LogP contribution in [-0.2, 0) is 0 Å². The van der Waals surface area contributed by atoms with Crippen molar-refractivity contribution in [3.05, 3.63) is 314 Å². The molecular weight excluding hydrogens is 1760 g/mol. The molecule has 12 bridgehead atoms. The summed E-state index contributed by atoms with van der Waals surface area (Å²) in [6.07, 6.45) is 14.1. The Kier molecular flexibility index (Phi) is 21.3. The molecule has 0 fully saturated rings. The molecule has 578 valence electrons. The highest BCUT2D eigenvalue weighted by Gasteiger charge is 2.32. The third kappa shape index (κ3) is 14.8. The van der Waals surface area contributed by atoms with E-state index >= 15 is 0 Å². The van der Waals surface area contributed by atoms with Gasteiger partial charge in [0, 0.05) is 88.8 Å². The Labute approximate surface area is 741 Å². The van der Waals surface area contributed by atoms with Crippen LogP contribution >= 0.6 is 139 Å². The maximum Gasteiger partial charge on any atom is 0.162 e. The molecule has 120 heavy (non-hydrogen) atoms.